The zero-order valence-corrected chi connectivity index (χ0v) is 18.3. The maximum absolute atomic E-state index is 12.7. The Morgan fingerprint density at radius 3 is 2.59 bits per heavy atom. The highest BCUT2D eigenvalue weighted by atomic mass is 35.5. The average molecular weight is 451 g/mol. The maximum atomic E-state index is 12.7. The molecule has 0 aliphatic carbocycles. The van der Waals surface area contributed by atoms with Crippen LogP contribution in [-0.4, -0.2) is 20.0 Å². The summed E-state index contributed by atoms with van der Waals surface area (Å²) in [6.07, 6.45) is 3.27. The second kappa shape index (κ2) is 8.69. The van der Waals surface area contributed by atoms with Crippen molar-refractivity contribution < 1.29 is 13.2 Å². The second-order valence-electron chi connectivity index (χ2n) is 6.77. The summed E-state index contributed by atoms with van der Waals surface area (Å²) >= 11 is 12.4. The predicted molar refractivity (Wildman–Crippen MR) is 116 cm³/mol. The van der Waals surface area contributed by atoms with Crippen molar-refractivity contribution in [2.24, 2.45) is 10.9 Å². The molecule has 1 aliphatic rings. The summed E-state index contributed by atoms with van der Waals surface area (Å²) in [6.45, 7) is 3.69. The lowest BCUT2D eigenvalue weighted by Crippen LogP contribution is -2.31. The van der Waals surface area contributed by atoms with Crippen LogP contribution >= 0.6 is 23.2 Å². The van der Waals surface area contributed by atoms with E-state index in [4.69, 9.17) is 23.2 Å². The molecule has 0 bridgehead atoms. The van der Waals surface area contributed by atoms with Crippen LogP contribution in [0.1, 0.15) is 30.9 Å². The van der Waals surface area contributed by atoms with Crippen LogP contribution in [0.2, 0.25) is 10.0 Å². The minimum atomic E-state index is -4.01. The molecule has 1 N–H and O–H groups in total. The van der Waals surface area contributed by atoms with Crippen LogP contribution in [0.4, 0.5) is 0 Å². The van der Waals surface area contributed by atoms with Gasteiger partial charge in [0.15, 0.2) is 0 Å². The van der Waals surface area contributed by atoms with E-state index in [2.05, 4.69) is 9.71 Å². The van der Waals surface area contributed by atoms with Crippen LogP contribution in [0.15, 0.2) is 64.1 Å². The van der Waals surface area contributed by atoms with Crippen molar-refractivity contribution in [3.05, 3.63) is 75.4 Å². The lowest BCUT2D eigenvalue weighted by Gasteiger charge is -2.12. The van der Waals surface area contributed by atoms with Crippen LogP contribution in [0.25, 0.3) is 0 Å². The molecule has 0 saturated carbocycles. The number of carbonyl (C=O) groups excluding carboxylic acids is 1. The van der Waals surface area contributed by atoms with Gasteiger partial charge < -0.3 is 0 Å². The number of halogens is 2. The molecule has 0 saturated heterocycles. The van der Waals surface area contributed by atoms with Crippen molar-refractivity contribution in [1.82, 2.24) is 4.72 Å². The lowest BCUT2D eigenvalue weighted by atomic mass is 9.93. The molecule has 1 heterocycles. The number of nitrogens with one attached hydrogen (secondary N) is 1. The van der Waals surface area contributed by atoms with Crippen LogP contribution in [0, 0.1) is 12.8 Å². The van der Waals surface area contributed by atoms with Gasteiger partial charge in [0, 0.05) is 21.5 Å². The molecular formula is C21H20Cl2N2O3S. The molecule has 0 spiro atoms. The number of hydrogen-bond donors (Lipinski definition) is 1. The van der Waals surface area contributed by atoms with E-state index in [1.165, 1.54) is 6.07 Å². The maximum Gasteiger partial charge on any atom is 0.283 e. The number of allylic oxidation sites excluding steroid dienone is 1. The first-order valence-electron chi connectivity index (χ1n) is 9.11. The normalized spacial score (nSPS) is 16.3. The van der Waals surface area contributed by atoms with Gasteiger partial charge >= 0.3 is 0 Å². The molecule has 0 radical (unpaired) electrons. The SMILES string of the molecule is CCCC1C=C(C(=O)NS(=O)(=O)c2ccccc2C)N=C1c1cc(Cl)ccc1Cl. The molecule has 152 valence electrons. The number of amides is 1. The summed E-state index contributed by atoms with van der Waals surface area (Å²) in [4.78, 5) is 17.2. The van der Waals surface area contributed by atoms with Gasteiger partial charge in [-0.1, -0.05) is 54.7 Å². The topological polar surface area (TPSA) is 75.6 Å². The first-order chi connectivity index (χ1) is 13.7. The van der Waals surface area contributed by atoms with Crippen molar-refractivity contribution in [3.63, 3.8) is 0 Å². The summed E-state index contributed by atoms with van der Waals surface area (Å²) in [7, 11) is -4.01. The summed E-state index contributed by atoms with van der Waals surface area (Å²) in [6, 6.07) is 11.5. The molecule has 1 amide bonds. The Bertz CT molecular complexity index is 1120. The fourth-order valence-electron chi connectivity index (χ4n) is 3.22. The molecule has 2 aromatic rings. The molecule has 0 fully saturated rings. The number of nitrogens with zero attached hydrogens (tertiary/aromatic N) is 1. The monoisotopic (exact) mass is 450 g/mol. The van der Waals surface area contributed by atoms with Crippen LogP contribution in [0.3, 0.4) is 0 Å². The van der Waals surface area contributed by atoms with E-state index in [-0.39, 0.29) is 16.5 Å². The van der Waals surface area contributed by atoms with Gasteiger partial charge in [0.2, 0.25) is 0 Å². The van der Waals surface area contributed by atoms with Crippen LogP contribution < -0.4 is 4.72 Å². The molecule has 1 aliphatic heterocycles. The smallest absolute Gasteiger partial charge is 0.266 e. The van der Waals surface area contributed by atoms with E-state index in [0.717, 1.165) is 12.8 Å². The number of carbonyl (C=O) groups is 1. The highest BCUT2D eigenvalue weighted by molar-refractivity contribution is 7.90. The molecule has 1 unspecified atom stereocenters. The first kappa shape index (κ1) is 21.6. The number of benzene rings is 2. The van der Waals surface area contributed by atoms with Gasteiger partial charge in [0.25, 0.3) is 15.9 Å². The summed E-state index contributed by atoms with van der Waals surface area (Å²) in [5.41, 5.74) is 1.84. The van der Waals surface area contributed by atoms with Gasteiger partial charge in [0.05, 0.1) is 10.6 Å². The Morgan fingerprint density at radius 1 is 1.17 bits per heavy atom. The number of aryl methyl sites for hydroxylation is 1. The standard InChI is InChI=1S/C21H20Cl2N2O3S/c1-3-6-14-11-18(24-20(14)16-12-15(22)9-10-17(16)23)21(26)25-29(27,28)19-8-5-4-7-13(19)2/h4-5,7-12,14H,3,6H2,1-2H3,(H,25,26). The van der Waals surface area contributed by atoms with E-state index in [1.807, 2.05) is 6.92 Å². The van der Waals surface area contributed by atoms with Crippen molar-refractivity contribution >= 4 is 44.8 Å². The lowest BCUT2D eigenvalue weighted by molar-refractivity contribution is -0.115. The quantitative estimate of drug-likeness (QED) is 0.678. The number of aliphatic imine (C=N–C) groups is 1. The Hall–Kier alpha value is -2.15. The third kappa shape index (κ3) is 4.71. The molecule has 3 rings (SSSR count). The van der Waals surface area contributed by atoms with Crippen molar-refractivity contribution in [3.8, 4) is 0 Å². The Morgan fingerprint density at radius 2 is 1.90 bits per heavy atom. The zero-order valence-electron chi connectivity index (χ0n) is 15.9. The van der Waals surface area contributed by atoms with Gasteiger partial charge in [-0.2, -0.15) is 0 Å². The van der Waals surface area contributed by atoms with Gasteiger partial charge in [-0.15, -0.1) is 0 Å². The Kier molecular flexibility index (Phi) is 6.46. The third-order valence-electron chi connectivity index (χ3n) is 4.60. The van der Waals surface area contributed by atoms with Gasteiger partial charge in [0.1, 0.15) is 5.70 Å². The second-order valence-corrected chi connectivity index (χ2v) is 9.26. The first-order valence-corrected chi connectivity index (χ1v) is 11.4. The van der Waals surface area contributed by atoms with Crippen LogP contribution in [0.5, 0.6) is 0 Å². The van der Waals surface area contributed by atoms with Crippen molar-refractivity contribution in [2.45, 2.75) is 31.6 Å². The molecule has 1 atom stereocenters. The minimum Gasteiger partial charge on any atom is -0.266 e. The highest BCUT2D eigenvalue weighted by Crippen LogP contribution is 2.31. The zero-order chi connectivity index (χ0) is 21.2. The van der Waals surface area contributed by atoms with E-state index < -0.39 is 15.9 Å². The number of rotatable bonds is 6. The molecule has 8 heteroatoms. The van der Waals surface area contributed by atoms with Crippen LogP contribution in [-0.2, 0) is 14.8 Å². The minimum absolute atomic E-state index is 0.0478. The average Bonchev–Trinajstić information content (AvgIpc) is 3.08. The largest absolute Gasteiger partial charge is 0.283 e. The van der Waals surface area contributed by atoms with Gasteiger partial charge in [-0.05, 0) is 49.2 Å². The van der Waals surface area contributed by atoms with E-state index in [0.29, 0.717) is 26.9 Å². The third-order valence-corrected chi connectivity index (χ3v) is 6.65. The predicted octanol–water partition coefficient (Wildman–Crippen LogP) is 4.91. The van der Waals surface area contributed by atoms with Crippen molar-refractivity contribution in [1.29, 1.82) is 0 Å². The molecule has 5 nitrogen and oxygen atoms in total. The van der Waals surface area contributed by atoms with E-state index >= 15 is 0 Å². The summed E-state index contributed by atoms with van der Waals surface area (Å²) in [5.74, 6) is -0.930. The highest BCUT2D eigenvalue weighted by Gasteiger charge is 2.29. The fraction of sp³-hybridized carbons (Fsp3) is 0.238. The molecule has 0 aromatic heterocycles. The van der Waals surface area contributed by atoms with E-state index in [9.17, 15) is 13.2 Å². The van der Waals surface area contributed by atoms with Crippen molar-refractivity contribution in [2.75, 3.05) is 0 Å². The van der Waals surface area contributed by atoms with E-state index in [1.54, 1.807) is 49.4 Å². The number of sulfonamides is 1. The summed E-state index contributed by atoms with van der Waals surface area (Å²) < 4.78 is 27.4. The number of hydrogen-bond acceptors (Lipinski definition) is 4. The van der Waals surface area contributed by atoms with Gasteiger partial charge in [-0.25, -0.2) is 18.1 Å². The molecule has 2 aromatic carbocycles. The summed E-state index contributed by atoms with van der Waals surface area (Å²) in [5, 5.41) is 0.972. The fourth-order valence-corrected chi connectivity index (χ4v) is 4.81. The molecule has 29 heavy (non-hydrogen) atoms. The van der Waals surface area contributed by atoms with Gasteiger partial charge in [-0.3, -0.25) is 4.79 Å². The molecular weight excluding hydrogens is 431 g/mol. The Balaban J connectivity index is 1.92. The Labute approximate surface area is 180 Å².